The molecule has 0 N–H and O–H groups in total. The molecule has 0 unspecified atom stereocenters. The minimum Gasteiger partial charge on any atom is -0.456 e. The lowest BCUT2D eigenvalue weighted by Gasteiger charge is -2.30. The first-order valence-electron chi connectivity index (χ1n) is 37.6. The molecule has 4 nitrogen and oxygen atoms in total. The zero-order chi connectivity index (χ0) is 71.0. The molecule has 4 aliphatic carbocycles. The van der Waals surface area contributed by atoms with Crippen molar-refractivity contribution in [3.63, 3.8) is 0 Å². The van der Waals surface area contributed by atoms with Gasteiger partial charge in [-0.25, -0.2) is 9.97 Å². The summed E-state index contributed by atoms with van der Waals surface area (Å²) in [7, 11) is 0. The average Bonchev–Trinajstić information content (AvgIpc) is 1.51. The summed E-state index contributed by atoms with van der Waals surface area (Å²) in [4.78, 5) is 15.0. The number of hydrogen-bond acceptors (Lipinski definition) is 5. The highest BCUT2D eigenvalue weighted by molar-refractivity contribution is 7.21. The van der Waals surface area contributed by atoms with Gasteiger partial charge in [0.15, 0.2) is 0 Å². The molecule has 502 valence electrons. The molecule has 0 saturated heterocycles. The van der Waals surface area contributed by atoms with Crippen LogP contribution in [0.3, 0.4) is 0 Å². The smallest absolute Gasteiger partial charge is 0.136 e. The lowest BCUT2D eigenvalue weighted by molar-refractivity contribution is 0.668. The van der Waals surface area contributed by atoms with E-state index in [9.17, 15) is 0 Å². The van der Waals surface area contributed by atoms with E-state index in [2.05, 4.69) is 340 Å². The van der Waals surface area contributed by atoms with E-state index in [0.717, 1.165) is 153 Å². The van der Waals surface area contributed by atoms with Crippen molar-refractivity contribution < 1.29 is 8.83 Å². The number of thiophene rings is 1. The molecule has 0 saturated carbocycles. The molecule has 0 fully saturated rings. The standard InChI is InChI=1S/C104H58N2O2S/c1-3-27-63(71-37-23-51-91-95(71)75-35-11-19-49-89(75)107-91)61(25-1)59-53-55-65-66-56-54-60(62-26-2-4-28-64(62)72-38-24-52-92-96(72)76-36-12-20-50-90(76)108-92)58-80(66)98-97(79(65)57-59)105-99-100(106-98)102(78-40-22-48-88-94(78)74-34-10-18-46-86(74)104(88)83-43-15-7-31-69(83)70-32-8-16-44-84(70)104)109-101(99)77-39-21-47-87-93(77)73-33-9-17-45-85(73)103(87)81-41-13-5-29-67(81)68-30-6-14-42-82(68)103/h1-58H. The van der Waals surface area contributed by atoms with E-state index >= 15 is 0 Å². The van der Waals surface area contributed by atoms with Gasteiger partial charge in [-0.05, 0) is 181 Å². The Balaban J connectivity index is 0.808. The van der Waals surface area contributed by atoms with Crippen molar-refractivity contribution in [3.8, 4) is 110 Å². The highest BCUT2D eigenvalue weighted by Gasteiger charge is 2.54. The first-order chi connectivity index (χ1) is 54.1. The number of furan rings is 2. The Hall–Kier alpha value is -13.8. The Morgan fingerprint density at radius 1 is 0.202 bits per heavy atom. The normalized spacial score (nSPS) is 13.7. The minimum absolute atomic E-state index is 0.567. The third-order valence-electron chi connectivity index (χ3n) is 24.8. The van der Waals surface area contributed by atoms with Gasteiger partial charge in [-0.3, -0.25) is 0 Å². The molecule has 4 heterocycles. The van der Waals surface area contributed by atoms with Gasteiger partial charge >= 0.3 is 0 Å². The Bertz CT molecular complexity index is 7110. The van der Waals surface area contributed by atoms with Gasteiger partial charge < -0.3 is 8.83 Å². The Morgan fingerprint density at radius 3 is 0.899 bits per heavy atom. The van der Waals surface area contributed by atoms with Crippen molar-refractivity contribution in [2.24, 2.45) is 0 Å². The lowest BCUT2D eigenvalue weighted by atomic mass is 9.70. The van der Waals surface area contributed by atoms with E-state index in [4.69, 9.17) is 18.8 Å². The van der Waals surface area contributed by atoms with Crippen molar-refractivity contribution in [3.05, 3.63) is 396 Å². The van der Waals surface area contributed by atoms with Crippen LogP contribution in [0, 0.1) is 0 Å². The maximum absolute atomic E-state index is 6.57. The minimum atomic E-state index is -0.567. The molecular weight excluding hydrogens is 1340 g/mol. The molecule has 17 aromatic carbocycles. The van der Waals surface area contributed by atoms with Crippen molar-refractivity contribution in [2.45, 2.75) is 10.8 Å². The van der Waals surface area contributed by atoms with Gasteiger partial charge in [0.05, 0.1) is 31.6 Å². The summed E-state index contributed by atoms with van der Waals surface area (Å²) in [6.07, 6.45) is 0. The number of hydrogen-bond donors (Lipinski definition) is 0. The molecule has 109 heavy (non-hydrogen) atoms. The fourth-order valence-electron chi connectivity index (χ4n) is 20.6. The molecule has 0 radical (unpaired) electrons. The summed E-state index contributed by atoms with van der Waals surface area (Å²) in [6, 6.07) is 131. The summed E-state index contributed by atoms with van der Waals surface area (Å²) in [5.74, 6) is 0. The maximum Gasteiger partial charge on any atom is 0.136 e. The predicted octanol–water partition coefficient (Wildman–Crippen LogP) is 27.6. The number of fused-ring (bicyclic) bond motifs is 33. The van der Waals surface area contributed by atoms with E-state index in [-0.39, 0.29) is 0 Å². The van der Waals surface area contributed by atoms with Gasteiger partial charge in [0.2, 0.25) is 0 Å². The highest BCUT2D eigenvalue weighted by Crippen LogP contribution is 2.67. The molecule has 4 aromatic heterocycles. The lowest BCUT2D eigenvalue weighted by Crippen LogP contribution is -2.25. The van der Waals surface area contributed by atoms with Crippen molar-refractivity contribution in [2.75, 3.05) is 0 Å². The fraction of sp³-hybridized carbons (Fsp3) is 0.0192. The van der Waals surface area contributed by atoms with Crippen LogP contribution in [0.2, 0.25) is 0 Å². The number of benzene rings is 17. The highest BCUT2D eigenvalue weighted by atomic mass is 32.1. The van der Waals surface area contributed by atoms with E-state index in [1.54, 1.807) is 0 Å². The zero-order valence-corrected chi connectivity index (χ0v) is 59.4. The molecule has 4 aliphatic rings. The van der Waals surface area contributed by atoms with Crippen LogP contribution in [-0.2, 0) is 10.8 Å². The van der Waals surface area contributed by atoms with Crippen LogP contribution < -0.4 is 0 Å². The molecule has 2 spiro atoms. The van der Waals surface area contributed by atoms with Crippen molar-refractivity contribution >= 4 is 98.8 Å². The third-order valence-corrected chi connectivity index (χ3v) is 26.0. The van der Waals surface area contributed by atoms with E-state index in [1.807, 2.05) is 23.5 Å². The first-order valence-corrected chi connectivity index (χ1v) is 38.4. The summed E-state index contributed by atoms with van der Waals surface area (Å²) in [5, 5.41) is 8.65. The van der Waals surface area contributed by atoms with E-state index < -0.39 is 10.8 Å². The SMILES string of the molecule is c1ccc(-c2cccc3oc4ccccc4c23)c(-c2ccc3c4ccc(-c5ccccc5-c5cccc6oc7ccccc7c56)cc4c4nc5c(-c6cccc7c6-c6ccccc6C76c7ccccc7-c7ccccc76)sc(-c6cccc7c6-c6ccccc6C76c7ccccc7-c7ccccc76)c5nc4c3c2)c1. The Labute approximate surface area is 630 Å². The summed E-state index contributed by atoms with van der Waals surface area (Å²) < 4.78 is 13.1. The maximum atomic E-state index is 6.57. The molecule has 21 aromatic rings. The van der Waals surface area contributed by atoms with Crippen LogP contribution in [0.15, 0.2) is 361 Å². The molecular formula is C104H58N2O2S. The number of para-hydroxylation sites is 2. The Kier molecular flexibility index (Phi) is 11.9. The van der Waals surface area contributed by atoms with Gasteiger partial charge in [0.25, 0.3) is 0 Å². The van der Waals surface area contributed by atoms with E-state index in [0.29, 0.717) is 0 Å². The second-order valence-electron chi connectivity index (χ2n) is 29.8. The molecule has 25 rings (SSSR count). The van der Waals surface area contributed by atoms with Crippen LogP contribution in [0.4, 0.5) is 0 Å². The summed E-state index contributed by atoms with van der Waals surface area (Å²) in [6.45, 7) is 0. The molecule has 0 aliphatic heterocycles. The third kappa shape index (κ3) is 7.71. The molecule has 0 bridgehead atoms. The van der Waals surface area contributed by atoms with E-state index in [1.165, 1.54) is 89.0 Å². The zero-order valence-electron chi connectivity index (χ0n) is 58.6. The number of aromatic nitrogens is 2. The average molecular weight is 1400 g/mol. The topological polar surface area (TPSA) is 52.1 Å². The monoisotopic (exact) mass is 1400 g/mol. The number of nitrogens with zero attached hydrogens (tertiary/aromatic N) is 2. The predicted molar refractivity (Wildman–Crippen MR) is 450 cm³/mol. The van der Waals surface area contributed by atoms with Gasteiger partial charge in [-0.15, -0.1) is 11.3 Å². The van der Waals surface area contributed by atoms with Gasteiger partial charge in [0.1, 0.15) is 33.4 Å². The van der Waals surface area contributed by atoms with Crippen LogP contribution in [0.25, 0.3) is 197 Å². The van der Waals surface area contributed by atoms with Crippen LogP contribution in [0.5, 0.6) is 0 Å². The summed E-state index contributed by atoms with van der Waals surface area (Å²) >= 11 is 1.85. The van der Waals surface area contributed by atoms with Crippen molar-refractivity contribution in [1.29, 1.82) is 0 Å². The molecule has 5 heteroatoms. The van der Waals surface area contributed by atoms with Gasteiger partial charge in [0, 0.05) is 43.4 Å². The van der Waals surface area contributed by atoms with Gasteiger partial charge in [-0.1, -0.05) is 315 Å². The number of rotatable bonds is 6. The van der Waals surface area contributed by atoms with Crippen LogP contribution in [-0.4, -0.2) is 9.97 Å². The van der Waals surface area contributed by atoms with Gasteiger partial charge in [-0.2, -0.15) is 0 Å². The molecule has 0 atom stereocenters. The largest absolute Gasteiger partial charge is 0.456 e. The van der Waals surface area contributed by atoms with Crippen LogP contribution >= 0.6 is 11.3 Å². The summed E-state index contributed by atoms with van der Waals surface area (Å²) in [5.41, 5.74) is 37.3. The first kappa shape index (κ1) is 59.4. The Morgan fingerprint density at radius 2 is 0.495 bits per heavy atom. The van der Waals surface area contributed by atoms with Crippen molar-refractivity contribution in [1.82, 2.24) is 9.97 Å². The second kappa shape index (κ2) is 21.9. The van der Waals surface area contributed by atoms with Crippen LogP contribution in [0.1, 0.15) is 44.5 Å². The molecule has 0 amide bonds. The second-order valence-corrected chi connectivity index (χ2v) is 30.8. The fourth-order valence-corrected chi connectivity index (χ4v) is 21.8. The quantitative estimate of drug-likeness (QED) is 0.156.